The van der Waals surface area contributed by atoms with Crippen molar-refractivity contribution in [2.75, 3.05) is 6.61 Å². The highest BCUT2D eigenvalue weighted by Crippen LogP contribution is 2.43. The maximum atomic E-state index is 6.61. The Bertz CT molecular complexity index is 628. The van der Waals surface area contributed by atoms with E-state index < -0.39 is 0 Å². The molecule has 2 aromatic rings. The van der Waals surface area contributed by atoms with Crippen molar-refractivity contribution in [3.8, 4) is 5.75 Å². The van der Waals surface area contributed by atoms with Gasteiger partial charge in [-0.05, 0) is 29.3 Å². The molecule has 0 bridgehead atoms. The molecule has 1 aliphatic rings. The maximum Gasteiger partial charge on any atom is 0.127 e. The Kier molecular flexibility index (Phi) is 3.75. The molecule has 1 nitrogen and oxygen atoms in total. The summed E-state index contributed by atoms with van der Waals surface area (Å²) in [5.41, 5.74) is 3.07. The minimum Gasteiger partial charge on any atom is -0.493 e. The molecule has 0 spiro atoms. The van der Waals surface area contributed by atoms with Crippen molar-refractivity contribution in [3.05, 3.63) is 62.6 Å². The van der Waals surface area contributed by atoms with Crippen molar-refractivity contribution in [1.82, 2.24) is 0 Å². The van der Waals surface area contributed by atoms with Gasteiger partial charge in [0.05, 0.1) is 12.0 Å². The van der Waals surface area contributed by atoms with Crippen molar-refractivity contribution < 1.29 is 4.74 Å². The third-order valence-electron chi connectivity index (χ3n) is 3.23. The standard InChI is InChI=1S/C15H11BrCl2O/c16-10-7-9-5-6-19-15(9)12(8-10)14(18)11-3-1-2-4-13(11)17/h1-4,7-8,14H,5-6H2. The van der Waals surface area contributed by atoms with Gasteiger partial charge in [-0.2, -0.15) is 0 Å². The minimum atomic E-state index is -0.307. The summed E-state index contributed by atoms with van der Waals surface area (Å²) in [6, 6.07) is 11.7. The highest BCUT2D eigenvalue weighted by molar-refractivity contribution is 9.10. The Morgan fingerprint density at radius 1 is 1.16 bits per heavy atom. The lowest BCUT2D eigenvalue weighted by atomic mass is 10.0. The van der Waals surface area contributed by atoms with Gasteiger partial charge >= 0.3 is 0 Å². The third-order valence-corrected chi connectivity index (χ3v) is 4.50. The average molecular weight is 358 g/mol. The summed E-state index contributed by atoms with van der Waals surface area (Å²) in [4.78, 5) is 0. The molecule has 4 heteroatoms. The number of hydrogen-bond donors (Lipinski definition) is 0. The second kappa shape index (κ2) is 5.35. The number of halogens is 3. The summed E-state index contributed by atoms with van der Waals surface area (Å²) in [5, 5.41) is 0.368. The number of ether oxygens (including phenoxy) is 1. The molecule has 1 heterocycles. The normalized spacial score (nSPS) is 14.9. The van der Waals surface area contributed by atoms with Crippen molar-refractivity contribution in [2.45, 2.75) is 11.8 Å². The van der Waals surface area contributed by atoms with Crippen LogP contribution in [0.25, 0.3) is 0 Å². The van der Waals surface area contributed by atoms with Crippen LogP contribution in [0.2, 0.25) is 5.02 Å². The number of fused-ring (bicyclic) bond motifs is 1. The van der Waals surface area contributed by atoms with Crippen LogP contribution in [0.15, 0.2) is 40.9 Å². The first-order valence-corrected chi connectivity index (χ1v) is 7.61. The summed E-state index contributed by atoms with van der Waals surface area (Å²) < 4.78 is 6.74. The number of hydrogen-bond acceptors (Lipinski definition) is 1. The van der Waals surface area contributed by atoms with E-state index in [1.807, 2.05) is 30.3 Å². The van der Waals surface area contributed by atoms with Crippen molar-refractivity contribution in [3.63, 3.8) is 0 Å². The lowest BCUT2D eigenvalue weighted by Gasteiger charge is -2.16. The second-order valence-electron chi connectivity index (χ2n) is 4.47. The predicted molar refractivity (Wildman–Crippen MR) is 82.5 cm³/mol. The van der Waals surface area contributed by atoms with E-state index >= 15 is 0 Å². The molecule has 0 N–H and O–H groups in total. The molecule has 0 fully saturated rings. The monoisotopic (exact) mass is 356 g/mol. The predicted octanol–water partition coefficient (Wildman–Crippen LogP) is 5.37. The van der Waals surface area contributed by atoms with E-state index in [0.29, 0.717) is 11.6 Å². The van der Waals surface area contributed by atoms with Gasteiger partial charge in [-0.1, -0.05) is 45.7 Å². The van der Waals surface area contributed by atoms with Crippen LogP contribution in [0.4, 0.5) is 0 Å². The van der Waals surface area contributed by atoms with E-state index in [1.54, 1.807) is 0 Å². The Morgan fingerprint density at radius 2 is 1.95 bits per heavy atom. The fourth-order valence-corrected chi connectivity index (χ4v) is 3.51. The zero-order valence-corrected chi connectivity index (χ0v) is 13.1. The van der Waals surface area contributed by atoms with Crippen LogP contribution in [0.3, 0.4) is 0 Å². The maximum absolute atomic E-state index is 6.61. The molecular formula is C15H11BrCl2O. The summed E-state index contributed by atoms with van der Waals surface area (Å²) in [7, 11) is 0. The minimum absolute atomic E-state index is 0.307. The Hall–Kier alpha value is -0.700. The van der Waals surface area contributed by atoms with Crippen LogP contribution in [-0.2, 0) is 6.42 Å². The van der Waals surface area contributed by atoms with Crippen molar-refractivity contribution >= 4 is 39.1 Å². The molecule has 0 amide bonds. The van der Waals surface area contributed by atoms with Crippen molar-refractivity contribution in [2.24, 2.45) is 0 Å². The molecule has 0 radical (unpaired) electrons. The molecule has 2 aromatic carbocycles. The molecule has 0 saturated carbocycles. The van der Waals surface area contributed by atoms with Gasteiger partial charge in [0.1, 0.15) is 5.75 Å². The first-order chi connectivity index (χ1) is 9.16. The van der Waals surface area contributed by atoms with Crippen LogP contribution in [-0.4, -0.2) is 6.61 Å². The molecule has 1 aliphatic heterocycles. The van der Waals surface area contributed by atoms with E-state index in [1.165, 1.54) is 5.56 Å². The van der Waals surface area contributed by atoms with Gasteiger partial charge in [0.25, 0.3) is 0 Å². The number of rotatable bonds is 2. The zero-order chi connectivity index (χ0) is 13.4. The molecule has 19 heavy (non-hydrogen) atoms. The fraction of sp³-hybridized carbons (Fsp3) is 0.200. The van der Waals surface area contributed by atoms with Crippen LogP contribution in [0.5, 0.6) is 5.75 Å². The highest BCUT2D eigenvalue weighted by Gasteiger charge is 2.24. The third kappa shape index (κ3) is 2.49. The van der Waals surface area contributed by atoms with Gasteiger partial charge < -0.3 is 4.74 Å². The summed E-state index contributed by atoms with van der Waals surface area (Å²) in [6.07, 6.45) is 0.925. The Morgan fingerprint density at radius 3 is 2.74 bits per heavy atom. The van der Waals surface area contributed by atoms with E-state index in [0.717, 1.165) is 27.8 Å². The Labute approximate surface area is 130 Å². The second-order valence-corrected chi connectivity index (χ2v) is 6.23. The number of benzene rings is 2. The van der Waals surface area contributed by atoms with Crippen molar-refractivity contribution in [1.29, 1.82) is 0 Å². The lowest BCUT2D eigenvalue weighted by molar-refractivity contribution is 0.353. The zero-order valence-electron chi connectivity index (χ0n) is 10.00. The van der Waals surface area contributed by atoms with Crippen LogP contribution in [0.1, 0.15) is 22.1 Å². The molecule has 3 rings (SSSR count). The lowest BCUT2D eigenvalue weighted by Crippen LogP contribution is -1.98. The van der Waals surface area contributed by atoms with E-state index in [2.05, 4.69) is 22.0 Å². The largest absolute Gasteiger partial charge is 0.493 e. The van der Waals surface area contributed by atoms with E-state index in [4.69, 9.17) is 27.9 Å². The topological polar surface area (TPSA) is 9.23 Å². The average Bonchev–Trinajstić information content (AvgIpc) is 2.85. The quantitative estimate of drug-likeness (QED) is 0.657. The van der Waals surface area contributed by atoms with E-state index in [-0.39, 0.29) is 5.38 Å². The van der Waals surface area contributed by atoms with Gasteiger partial charge in [-0.3, -0.25) is 0 Å². The first-order valence-electron chi connectivity index (χ1n) is 6.00. The van der Waals surface area contributed by atoms with Crippen LogP contribution in [0, 0.1) is 0 Å². The van der Waals surface area contributed by atoms with Gasteiger partial charge in [0, 0.05) is 21.5 Å². The highest BCUT2D eigenvalue weighted by atomic mass is 79.9. The van der Waals surface area contributed by atoms with Gasteiger partial charge in [0.15, 0.2) is 0 Å². The van der Waals surface area contributed by atoms with Gasteiger partial charge in [-0.15, -0.1) is 11.6 Å². The van der Waals surface area contributed by atoms with Gasteiger partial charge in [0.2, 0.25) is 0 Å². The Balaban J connectivity index is 2.10. The summed E-state index contributed by atoms with van der Waals surface area (Å²) >= 11 is 16.4. The van der Waals surface area contributed by atoms with Crippen LogP contribution >= 0.6 is 39.1 Å². The van der Waals surface area contributed by atoms with Gasteiger partial charge in [-0.25, -0.2) is 0 Å². The first kappa shape index (κ1) is 13.3. The molecule has 1 unspecified atom stereocenters. The smallest absolute Gasteiger partial charge is 0.127 e. The molecular weight excluding hydrogens is 347 g/mol. The number of alkyl halides is 1. The summed E-state index contributed by atoms with van der Waals surface area (Å²) in [6.45, 7) is 0.713. The molecule has 0 aromatic heterocycles. The molecule has 0 aliphatic carbocycles. The summed E-state index contributed by atoms with van der Waals surface area (Å²) in [5.74, 6) is 0.906. The van der Waals surface area contributed by atoms with Crippen LogP contribution < -0.4 is 4.74 Å². The molecule has 1 atom stereocenters. The molecule has 0 saturated heterocycles. The fourth-order valence-electron chi connectivity index (χ4n) is 2.33. The SMILES string of the molecule is Clc1ccccc1C(Cl)c1cc(Br)cc2c1OCC2. The van der Waals surface area contributed by atoms with E-state index in [9.17, 15) is 0 Å². The molecule has 98 valence electrons.